The number of carbonyl (C=O) groups is 1. The lowest BCUT2D eigenvalue weighted by Gasteiger charge is -2.17. The highest BCUT2D eigenvalue weighted by Crippen LogP contribution is 2.27. The lowest BCUT2D eigenvalue weighted by molar-refractivity contribution is 0.0781. The molecule has 1 aliphatic heterocycles. The van der Waals surface area contributed by atoms with Crippen molar-refractivity contribution in [2.45, 2.75) is 19.3 Å². The van der Waals surface area contributed by atoms with Gasteiger partial charge in [0.2, 0.25) is 5.89 Å². The van der Waals surface area contributed by atoms with E-state index in [2.05, 4.69) is 15.1 Å². The molecule has 3 aromatic rings. The molecular weight excluding hydrogens is 325 g/mol. The van der Waals surface area contributed by atoms with Crippen LogP contribution in [0.2, 0.25) is 0 Å². The van der Waals surface area contributed by atoms with E-state index < -0.39 is 0 Å². The summed E-state index contributed by atoms with van der Waals surface area (Å²) in [6.07, 6.45) is 3.85. The van der Waals surface area contributed by atoms with Crippen molar-refractivity contribution in [3.8, 4) is 5.69 Å². The molecule has 1 aliphatic rings. The van der Waals surface area contributed by atoms with Crippen LogP contribution in [0.25, 0.3) is 5.69 Å². The van der Waals surface area contributed by atoms with Gasteiger partial charge in [0, 0.05) is 18.8 Å². The van der Waals surface area contributed by atoms with Crippen molar-refractivity contribution in [1.82, 2.24) is 24.6 Å². The Morgan fingerprint density at radius 1 is 1.32 bits per heavy atom. The van der Waals surface area contributed by atoms with Crippen LogP contribution in [0.3, 0.4) is 0 Å². The number of nitrogens with zero attached hydrogens (tertiary/aromatic N) is 5. The number of hydrogen-bond donors (Lipinski definition) is 0. The SMILES string of the molecule is Cc1noc([C@@H]2CCN(C(=O)c3cncn3-c3ccc(F)cc3)C2)n1. The third-order valence-corrected chi connectivity index (χ3v) is 4.33. The normalized spacial score (nSPS) is 17.2. The predicted molar refractivity (Wildman–Crippen MR) is 85.8 cm³/mol. The molecule has 0 radical (unpaired) electrons. The number of rotatable bonds is 3. The molecule has 0 spiro atoms. The van der Waals surface area contributed by atoms with E-state index in [9.17, 15) is 9.18 Å². The van der Waals surface area contributed by atoms with Gasteiger partial charge in [0.25, 0.3) is 5.91 Å². The van der Waals surface area contributed by atoms with Crippen LogP contribution >= 0.6 is 0 Å². The first-order chi connectivity index (χ1) is 12.1. The number of hydrogen-bond acceptors (Lipinski definition) is 5. The van der Waals surface area contributed by atoms with E-state index >= 15 is 0 Å². The second-order valence-corrected chi connectivity index (χ2v) is 6.04. The molecule has 0 aliphatic carbocycles. The summed E-state index contributed by atoms with van der Waals surface area (Å²) < 4.78 is 20.0. The summed E-state index contributed by atoms with van der Waals surface area (Å²) in [5.74, 6) is 0.760. The van der Waals surface area contributed by atoms with Crippen molar-refractivity contribution < 1.29 is 13.7 Å². The van der Waals surface area contributed by atoms with Gasteiger partial charge in [0.05, 0.1) is 18.4 Å². The maximum Gasteiger partial charge on any atom is 0.272 e. The predicted octanol–water partition coefficient (Wildman–Crippen LogP) is 2.33. The smallest absolute Gasteiger partial charge is 0.272 e. The van der Waals surface area contributed by atoms with Gasteiger partial charge in [0.1, 0.15) is 11.5 Å². The van der Waals surface area contributed by atoms with Crippen LogP contribution in [-0.2, 0) is 0 Å². The number of amides is 1. The van der Waals surface area contributed by atoms with Crippen molar-refractivity contribution in [3.63, 3.8) is 0 Å². The number of aromatic nitrogens is 4. The molecule has 7 nitrogen and oxygen atoms in total. The molecule has 0 N–H and O–H groups in total. The van der Waals surface area contributed by atoms with Crippen LogP contribution < -0.4 is 0 Å². The Morgan fingerprint density at radius 2 is 2.12 bits per heavy atom. The number of imidazole rings is 1. The zero-order chi connectivity index (χ0) is 17.4. The summed E-state index contributed by atoms with van der Waals surface area (Å²) in [5.41, 5.74) is 1.12. The lowest BCUT2D eigenvalue weighted by atomic mass is 10.1. The van der Waals surface area contributed by atoms with Crippen LogP contribution in [0.5, 0.6) is 0 Å². The van der Waals surface area contributed by atoms with Crippen molar-refractivity contribution in [2.24, 2.45) is 0 Å². The molecule has 1 saturated heterocycles. The Hall–Kier alpha value is -3.03. The van der Waals surface area contributed by atoms with Gasteiger partial charge in [-0.15, -0.1) is 0 Å². The Balaban J connectivity index is 1.54. The monoisotopic (exact) mass is 341 g/mol. The molecule has 1 atom stereocenters. The standard InChI is InChI=1S/C17H16FN5O2/c1-11-20-16(25-21-11)12-6-7-22(9-12)17(24)15-8-19-10-23(15)14-4-2-13(18)3-5-14/h2-5,8,10,12H,6-7,9H2,1H3/t12-/m1/s1. The first-order valence-electron chi connectivity index (χ1n) is 7.99. The van der Waals surface area contributed by atoms with Crippen molar-refractivity contribution in [2.75, 3.05) is 13.1 Å². The number of carbonyl (C=O) groups excluding carboxylic acids is 1. The Morgan fingerprint density at radius 3 is 2.84 bits per heavy atom. The average Bonchev–Trinajstić information content (AvgIpc) is 3.35. The topological polar surface area (TPSA) is 77.0 Å². The molecule has 128 valence electrons. The number of halogens is 1. The first-order valence-corrected chi connectivity index (χ1v) is 7.99. The Kier molecular flexibility index (Phi) is 3.79. The van der Waals surface area contributed by atoms with Gasteiger partial charge in [-0.3, -0.25) is 9.36 Å². The van der Waals surface area contributed by atoms with Gasteiger partial charge in [0.15, 0.2) is 5.82 Å². The molecule has 1 fully saturated rings. The summed E-state index contributed by atoms with van der Waals surface area (Å²) in [5, 5.41) is 3.81. The van der Waals surface area contributed by atoms with Crippen LogP contribution in [0, 0.1) is 12.7 Å². The fourth-order valence-electron chi connectivity index (χ4n) is 3.05. The number of benzene rings is 1. The maximum atomic E-state index is 13.1. The van der Waals surface area contributed by atoms with Gasteiger partial charge >= 0.3 is 0 Å². The van der Waals surface area contributed by atoms with Crippen molar-refractivity contribution in [3.05, 3.63) is 60.0 Å². The highest BCUT2D eigenvalue weighted by Gasteiger charge is 2.32. The van der Waals surface area contributed by atoms with Gasteiger partial charge in [-0.25, -0.2) is 9.37 Å². The van der Waals surface area contributed by atoms with Gasteiger partial charge in [-0.2, -0.15) is 4.98 Å². The molecule has 0 unspecified atom stereocenters. The molecule has 4 rings (SSSR count). The van der Waals surface area contributed by atoms with Crippen molar-refractivity contribution >= 4 is 5.91 Å². The maximum absolute atomic E-state index is 13.1. The molecule has 3 heterocycles. The van der Waals surface area contributed by atoms with Gasteiger partial charge < -0.3 is 9.42 Å². The highest BCUT2D eigenvalue weighted by atomic mass is 19.1. The molecule has 0 bridgehead atoms. The van der Waals surface area contributed by atoms with Crippen LogP contribution in [0.1, 0.15) is 34.5 Å². The third kappa shape index (κ3) is 2.90. The summed E-state index contributed by atoms with van der Waals surface area (Å²) in [4.78, 5) is 23.0. The van der Waals surface area contributed by atoms with Gasteiger partial charge in [-0.1, -0.05) is 5.16 Å². The molecule has 25 heavy (non-hydrogen) atoms. The fraction of sp³-hybridized carbons (Fsp3) is 0.294. The molecule has 1 aromatic carbocycles. The zero-order valence-corrected chi connectivity index (χ0v) is 13.6. The zero-order valence-electron chi connectivity index (χ0n) is 13.6. The van der Waals surface area contributed by atoms with E-state index in [1.807, 2.05) is 0 Å². The third-order valence-electron chi connectivity index (χ3n) is 4.33. The largest absolute Gasteiger partial charge is 0.339 e. The molecule has 1 amide bonds. The minimum atomic E-state index is -0.325. The second kappa shape index (κ2) is 6.12. The first kappa shape index (κ1) is 15.5. The summed E-state index contributed by atoms with van der Waals surface area (Å²) >= 11 is 0. The molecule has 2 aromatic heterocycles. The van der Waals surface area contributed by atoms with Gasteiger partial charge in [-0.05, 0) is 37.6 Å². The minimum Gasteiger partial charge on any atom is -0.339 e. The van der Waals surface area contributed by atoms with E-state index in [1.54, 1.807) is 34.9 Å². The summed E-state index contributed by atoms with van der Waals surface area (Å²) in [6, 6.07) is 5.93. The molecule has 8 heteroatoms. The second-order valence-electron chi connectivity index (χ2n) is 6.04. The van der Waals surface area contributed by atoms with Crippen LogP contribution in [-0.4, -0.2) is 43.6 Å². The average molecular weight is 341 g/mol. The van der Waals surface area contributed by atoms with E-state index in [0.29, 0.717) is 36.2 Å². The summed E-state index contributed by atoms with van der Waals surface area (Å²) in [6.45, 7) is 2.90. The Bertz CT molecular complexity index is 902. The Labute approximate surface area is 143 Å². The van der Waals surface area contributed by atoms with E-state index in [4.69, 9.17) is 4.52 Å². The van der Waals surface area contributed by atoms with E-state index in [-0.39, 0.29) is 17.6 Å². The van der Waals surface area contributed by atoms with Crippen molar-refractivity contribution in [1.29, 1.82) is 0 Å². The number of likely N-dealkylation sites (tertiary alicyclic amines) is 1. The quantitative estimate of drug-likeness (QED) is 0.731. The lowest BCUT2D eigenvalue weighted by Crippen LogP contribution is -2.30. The molecule has 0 saturated carbocycles. The highest BCUT2D eigenvalue weighted by molar-refractivity contribution is 5.93. The fourth-order valence-corrected chi connectivity index (χ4v) is 3.05. The van der Waals surface area contributed by atoms with E-state index in [1.165, 1.54) is 18.3 Å². The van der Waals surface area contributed by atoms with Crippen LogP contribution in [0.15, 0.2) is 41.3 Å². The molecular formula is C17H16FN5O2. The number of aryl methyl sites for hydroxylation is 1. The summed E-state index contributed by atoms with van der Waals surface area (Å²) in [7, 11) is 0. The minimum absolute atomic E-state index is 0.0485. The van der Waals surface area contributed by atoms with Crippen LogP contribution in [0.4, 0.5) is 4.39 Å². The van der Waals surface area contributed by atoms with E-state index in [0.717, 1.165) is 6.42 Å².